The van der Waals surface area contributed by atoms with Gasteiger partial charge in [0.2, 0.25) is 5.91 Å². The van der Waals surface area contributed by atoms with Gasteiger partial charge >= 0.3 is 0 Å². The summed E-state index contributed by atoms with van der Waals surface area (Å²) in [5, 5.41) is 4.15. The van der Waals surface area contributed by atoms with Crippen LogP contribution in [0.15, 0.2) is 24.3 Å². The Balaban J connectivity index is 0.00000312. The summed E-state index contributed by atoms with van der Waals surface area (Å²) < 4.78 is 0. The van der Waals surface area contributed by atoms with Crippen molar-refractivity contribution >= 4 is 29.9 Å². The van der Waals surface area contributed by atoms with E-state index in [0.717, 1.165) is 18.1 Å². The van der Waals surface area contributed by atoms with Crippen molar-refractivity contribution in [3.05, 3.63) is 34.9 Å². The Morgan fingerprint density at radius 3 is 2.32 bits per heavy atom. The molecule has 0 aromatic heterocycles. The van der Waals surface area contributed by atoms with Gasteiger partial charge in [-0.3, -0.25) is 4.79 Å². The first-order chi connectivity index (χ1) is 11.4. The third-order valence-corrected chi connectivity index (χ3v) is 6.06. The average molecular weight is 387 g/mol. The second-order valence-corrected chi connectivity index (χ2v) is 7.79. The molecule has 1 heterocycles. The molecule has 5 heteroatoms. The molecule has 142 valence electrons. The van der Waals surface area contributed by atoms with E-state index in [2.05, 4.69) is 38.2 Å². The van der Waals surface area contributed by atoms with Crippen LogP contribution in [0, 0.1) is 11.8 Å². The van der Waals surface area contributed by atoms with E-state index in [4.69, 9.17) is 11.6 Å². The zero-order valence-corrected chi connectivity index (χ0v) is 17.4. The molecule has 1 aliphatic rings. The lowest BCUT2D eigenvalue weighted by Gasteiger charge is -2.33. The minimum atomic E-state index is 0. The largest absolute Gasteiger partial charge is 0.342 e. The van der Waals surface area contributed by atoms with E-state index in [0.29, 0.717) is 18.3 Å². The van der Waals surface area contributed by atoms with Crippen LogP contribution in [0.4, 0.5) is 0 Å². The third kappa shape index (κ3) is 6.16. The van der Waals surface area contributed by atoms with Gasteiger partial charge in [-0.25, -0.2) is 0 Å². The molecule has 0 aliphatic carbocycles. The first kappa shape index (κ1) is 22.3. The summed E-state index contributed by atoms with van der Waals surface area (Å²) in [6, 6.07) is 8.11. The van der Waals surface area contributed by atoms with Gasteiger partial charge in [-0.1, -0.05) is 37.6 Å². The number of nitrogens with zero attached hydrogens (tertiary/aromatic N) is 1. The monoisotopic (exact) mass is 386 g/mol. The lowest BCUT2D eigenvalue weighted by molar-refractivity contribution is -0.133. The molecule has 2 rings (SSSR count). The van der Waals surface area contributed by atoms with Gasteiger partial charge in [0.25, 0.3) is 0 Å². The number of hydrogen-bond acceptors (Lipinski definition) is 2. The van der Waals surface area contributed by atoms with Crippen molar-refractivity contribution in [3.63, 3.8) is 0 Å². The SMILES string of the molecule is CC(CC(=O)N(C)C(C)C(C)c1ccc(Cl)cc1)C1CCNCC1.Cl. The normalized spacial score (nSPS) is 18.8. The Labute approximate surface area is 163 Å². The van der Waals surface area contributed by atoms with Crippen LogP contribution in [0.5, 0.6) is 0 Å². The molecular weight excluding hydrogens is 355 g/mol. The van der Waals surface area contributed by atoms with Gasteiger partial charge in [0, 0.05) is 30.5 Å². The highest BCUT2D eigenvalue weighted by Crippen LogP contribution is 2.27. The van der Waals surface area contributed by atoms with Crippen LogP contribution in [0.1, 0.15) is 51.5 Å². The molecule has 0 radical (unpaired) electrons. The van der Waals surface area contributed by atoms with Crippen molar-refractivity contribution < 1.29 is 4.79 Å². The highest BCUT2D eigenvalue weighted by Gasteiger charge is 2.27. The average Bonchev–Trinajstić information content (AvgIpc) is 2.61. The van der Waals surface area contributed by atoms with E-state index in [1.165, 1.54) is 18.4 Å². The molecule has 0 saturated carbocycles. The Kier molecular flexibility index (Phi) is 9.26. The third-order valence-electron chi connectivity index (χ3n) is 5.81. The first-order valence-electron chi connectivity index (χ1n) is 9.12. The molecule has 0 spiro atoms. The predicted octanol–water partition coefficient (Wildman–Crippen LogP) is 4.74. The summed E-state index contributed by atoms with van der Waals surface area (Å²) in [7, 11) is 1.94. The van der Waals surface area contributed by atoms with E-state index >= 15 is 0 Å². The topological polar surface area (TPSA) is 32.3 Å². The van der Waals surface area contributed by atoms with Crippen LogP contribution >= 0.6 is 24.0 Å². The van der Waals surface area contributed by atoms with Gasteiger partial charge in [-0.05, 0) is 62.4 Å². The predicted molar refractivity (Wildman–Crippen MR) is 109 cm³/mol. The molecule has 1 N–H and O–H groups in total. The van der Waals surface area contributed by atoms with Crippen molar-refractivity contribution in [1.29, 1.82) is 0 Å². The quantitative estimate of drug-likeness (QED) is 0.765. The number of rotatable bonds is 6. The van der Waals surface area contributed by atoms with E-state index in [1.54, 1.807) is 0 Å². The molecule has 1 amide bonds. The number of carbonyl (C=O) groups is 1. The molecule has 1 aliphatic heterocycles. The van der Waals surface area contributed by atoms with Gasteiger partial charge in [0.15, 0.2) is 0 Å². The second-order valence-electron chi connectivity index (χ2n) is 7.35. The Morgan fingerprint density at radius 2 is 1.76 bits per heavy atom. The number of halogens is 2. The number of amides is 1. The van der Waals surface area contributed by atoms with Gasteiger partial charge in [-0.2, -0.15) is 0 Å². The zero-order chi connectivity index (χ0) is 17.7. The van der Waals surface area contributed by atoms with Gasteiger partial charge in [-0.15, -0.1) is 12.4 Å². The van der Waals surface area contributed by atoms with Gasteiger partial charge in [0.1, 0.15) is 0 Å². The minimum Gasteiger partial charge on any atom is -0.342 e. The van der Waals surface area contributed by atoms with Crippen LogP contribution in [-0.4, -0.2) is 37.0 Å². The van der Waals surface area contributed by atoms with Crippen LogP contribution < -0.4 is 5.32 Å². The van der Waals surface area contributed by atoms with E-state index in [9.17, 15) is 4.79 Å². The highest BCUT2D eigenvalue weighted by molar-refractivity contribution is 6.30. The van der Waals surface area contributed by atoms with Crippen LogP contribution in [0.25, 0.3) is 0 Å². The van der Waals surface area contributed by atoms with Crippen LogP contribution in [0.2, 0.25) is 5.02 Å². The summed E-state index contributed by atoms with van der Waals surface area (Å²) >= 11 is 5.97. The molecular formula is C20H32Cl2N2O. The van der Waals surface area contributed by atoms with Crippen LogP contribution in [0.3, 0.4) is 0 Å². The van der Waals surface area contributed by atoms with E-state index < -0.39 is 0 Å². The molecule has 1 fully saturated rings. The Hall–Kier alpha value is -0.770. The number of piperidine rings is 1. The molecule has 0 bridgehead atoms. The fourth-order valence-corrected chi connectivity index (χ4v) is 3.73. The van der Waals surface area contributed by atoms with Crippen molar-refractivity contribution in [3.8, 4) is 0 Å². The fraction of sp³-hybridized carbons (Fsp3) is 0.650. The van der Waals surface area contributed by atoms with E-state index in [-0.39, 0.29) is 30.3 Å². The Bertz CT molecular complexity index is 529. The molecule has 25 heavy (non-hydrogen) atoms. The number of benzene rings is 1. The highest BCUT2D eigenvalue weighted by atomic mass is 35.5. The van der Waals surface area contributed by atoms with E-state index in [1.807, 2.05) is 24.1 Å². The molecule has 3 unspecified atom stereocenters. The molecule has 1 aromatic rings. The van der Waals surface area contributed by atoms with Crippen molar-refractivity contribution in [2.45, 2.75) is 52.0 Å². The summed E-state index contributed by atoms with van der Waals surface area (Å²) in [5.41, 5.74) is 1.22. The standard InChI is InChI=1S/C20H31ClN2O.ClH/c1-14(17-9-11-22-12-10-17)13-20(24)23(4)16(3)15(2)18-5-7-19(21)8-6-18;/h5-8,14-17,22H,9-13H2,1-4H3;1H. The zero-order valence-electron chi connectivity index (χ0n) is 15.8. The van der Waals surface area contributed by atoms with Crippen LogP contribution in [-0.2, 0) is 4.79 Å². The van der Waals surface area contributed by atoms with Gasteiger partial charge in [0.05, 0.1) is 0 Å². The Morgan fingerprint density at radius 1 is 1.20 bits per heavy atom. The lowest BCUT2D eigenvalue weighted by atomic mass is 9.83. The summed E-state index contributed by atoms with van der Waals surface area (Å²) in [6.07, 6.45) is 3.03. The summed E-state index contributed by atoms with van der Waals surface area (Å²) in [5.74, 6) is 1.67. The van der Waals surface area contributed by atoms with Crippen molar-refractivity contribution in [1.82, 2.24) is 10.2 Å². The maximum Gasteiger partial charge on any atom is 0.222 e. The summed E-state index contributed by atoms with van der Waals surface area (Å²) in [6.45, 7) is 8.71. The maximum absolute atomic E-state index is 12.7. The maximum atomic E-state index is 12.7. The van der Waals surface area contributed by atoms with Crippen molar-refractivity contribution in [2.24, 2.45) is 11.8 Å². The molecule has 1 aromatic carbocycles. The second kappa shape index (κ2) is 10.4. The minimum absolute atomic E-state index is 0. The van der Waals surface area contributed by atoms with Crippen molar-refractivity contribution in [2.75, 3.05) is 20.1 Å². The number of likely N-dealkylation sites (N-methyl/N-ethyl adjacent to an activating group) is 1. The lowest BCUT2D eigenvalue weighted by Crippen LogP contribution is -2.40. The fourth-order valence-electron chi connectivity index (χ4n) is 3.61. The number of carbonyl (C=O) groups excluding carboxylic acids is 1. The van der Waals surface area contributed by atoms with Gasteiger partial charge < -0.3 is 10.2 Å². The summed E-state index contributed by atoms with van der Waals surface area (Å²) in [4.78, 5) is 14.6. The number of nitrogens with one attached hydrogen (secondary N) is 1. The molecule has 3 nitrogen and oxygen atoms in total. The molecule has 3 atom stereocenters. The smallest absolute Gasteiger partial charge is 0.222 e. The number of hydrogen-bond donors (Lipinski definition) is 1. The first-order valence-corrected chi connectivity index (χ1v) is 9.49. The molecule has 1 saturated heterocycles.